The summed E-state index contributed by atoms with van der Waals surface area (Å²) in [5.74, 6) is -1.21. The summed E-state index contributed by atoms with van der Waals surface area (Å²) in [5.41, 5.74) is 1.16. The van der Waals surface area contributed by atoms with Gasteiger partial charge in [-0.2, -0.15) is 0 Å². The third-order valence-corrected chi connectivity index (χ3v) is 3.05. The van der Waals surface area contributed by atoms with Crippen molar-refractivity contribution in [1.82, 2.24) is 5.32 Å². The van der Waals surface area contributed by atoms with Gasteiger partial charge in [0.2, 0.25) is 0 Å². The third-order valence-electron chi connectivity index (χ3n) is 3.05. The maximum atomic E-state index is 13.0. The van der Waals surface area contributed by atoms with E-state index in [1.165, 1.54) is 6.07 Å². The van der Waals surface area contributed by atoms with Crippen LogP contribution in [-0.4, -0.2) is 19.7 Å². The van der Waals surface area contributed by atoms with Crippen molar-refractivity contribution in [1.29, 1.82) is 0 Å². The quantitative estimate of drug-likeness (QED) is 0.890. The van der Waals surface area contributed by atoms with E-state index in [0.29, 0.717) is 13.0 Å². The number of hydrogen-bond donors (Lipinski definition) is 2. The molecule has 2 aromatic carbocycles. The summed E-state index contributed by atoms with van der Waals surface area (Å²) < 4.78 is 31.0. The topological polar surface area (TPSA) is 50.4 Å². The minimum absolute atomic E-state index is 0.189. The van der Waals surface area contributed by atoms with Crippen molar-refractivity contribution < 1.29 is 18.3 Å². The lowest BCUT2D eigenvalue weighted by Gasteiger charge is -2.10. The zero-order valence-electron chi connectivity index (χ0n) is 12.0. The van der Waals surface area contributed by atoms with Crippen LogP contribution in [-0.2, 0) is 6.42 Å². The molecule has 6 heteroatoms. The summed E-state index contributed by atoms with van der Waals surface area (Å²) in [6.45, 7) is 0.385. The molecule has 0 bridgehead atoms. The number of ether oxygens (including phenoxy) is 1. The Hall–Kier alpha value is -2.63. The van der Waals surface area contributed by atoms with E-state index in [9.17, 15) is 13.6 Å². The molecule has 0 aromatic heterocycles. The first-order valence-corrected chi connectivity index (χ1v) is 6.72. The number of methoxy groups -OCH3 is 1. The van der Waals surface area contributed by atoms with Crippen molar-refractivity contribution in [3.8, 4) is 5.75 Å². The van der Waals surface area contributed by atoms with Crippen LogP contribution in [0.15, 0.2) is 42.5 Å². The number of halogens is 2. The van der Waals surface area contributed by atoms with Crippen LogP contribution in [0, 0.1) is 11.6 Å². The van der Waals surface area contributed by atoms with E-state index < -0.39 is 17.7 Å². The molecular formula is C16H16F2N2O2. The molecule has 4 nitrogen and oxygen atoms in total. The standard InChI is InChI=1S/C16H16F2N2O2/c1-22-15-5-3-2-4-11(15)8-9-19-16(21)20-12-6-7-13(17)14(18)10-12/h2-7,10H,8-9H2,1H3,(H2,19,20,21). The Morgan fingerprint density at radius 3 is 2.64 bits per heavy atom. The lowest BCUT2D eigenvalue weighted by molar-refractivity contribution is 0.252. The fourth-order valence-corrected chi connectivity index (χ4v) is 1.97. The molecule has 2 rings (SSSR count). The van der Waals surface area contributed by atoms with Crippen LogP contribution in [0.25, 0.3) is 0 Å². The number of benzene rings is 2. The summed E-state index contributed by atoms with van der Waals surface area (Å²) in [6, 6.07) is 10.2. The molecule has 2 aromatic rings. The van der Waals surface area contributed by atoms with Gasteiger partial charge in [0, 0.05) is 18.3 Å². The van der Waals surface area contributed by atoms with E-state index in [0.717, 1.165) is 23.4 Å². The van der Waals surface area contributed by atoms with Gasteiger partial charge < -0.3 is 15.4 Å². The van der Waals surface area contributed by atoms with Gasteiger partial charge in [0.1, 0.15) is 5.75 Å². The van der Waals surface area contributed by atoms with Crippen molar-refractivity contribution in [2.45, 2.75) is 6.42 Å². The predicted molar refractivity (Wildman–Crippen MR) is 80.1 cm³/mol. The highest BCUT2D eigenvalue weighted by molar-refractivity contribution is 5.89. The molecule has 22 heavy (non-hydrogen) atoms. The Balaban J connectivity index is 1.84. The highest BCUT2D eigenvalue weighted by Crippen LogP contribution is 2.17. The molecule has 2 N–H and O–H groups in total. The third kappa shape index (κ3) is 4.18. The minimum atomic E-state index is -1.01. The molecule has 0 atom stereocenters. The number of anilines is 1. The molecule has 0 heterocycles. The molecule has 2 amide bonds. The van der Waals surface area contributed by atoms with Crippen molar-refractivity contribution in [2.75, 3.05) is 19.0 Å². The second-order valence-corrected chi connectivity index (χ2v) is 4.57. The number of amides is 2. The summed E-state index contributed by atoms with van der Waals surface area (Å²) in [6.07, 6.45) is 0.592. The van der Waals surface area contributed by atoms with Crippen LogP contribution in [0.1, 0.15) is 5.56 Å². The number of hydrogen-bond acceptors (Lipinski definition) is 2. The predicted octanol–water partition coefficient (Wildman–Crippen LogP) is 3.34. The van der Waals surface area contributed by atoms with Gasteiger partial charge in [-0.15, -0.1) is 0 Å². The van der Waals surface area contributed by atoms with Crippen LogP contribution in [0.5, 0.6) is 5.75 Å². The van der Waals surface area contributed by atoms with Gasteiger partial charge >= 0.3 is 6.03 Å². The van der Waals surface area contributed by atoms with Crippen LogP contribution in [0.3, 0.4) is 0 Å². The van der Waals surface area contributed by atoms with Crippen LogP contribution < -0.4 is 15.4 Å². The molecule has 116 valence electrons. The molecule has 0 saturated heterocycles. The first kappa shape index (κ1) is 15.8. The number of carbonyl (C=O) groups is 1. The largest absolute Gasteiger partial charge is 0.496 e. The van der Waals surface area contributed by atoms with Crippen molar-refractivity contribution in [3.63, 3.8) is 0 Å². The fraction of sp³-hybridized carbons (Fsp3) is 0.188. The molecular weight excluding hydrogens is 290 g/mol. The van der Waals surface area contributed by atoms with Crippen LogP contribution >= 0.6 is 0 Å². The minimum Gasteiger partial charge on any atom is -0.496 e. The maximum Gasteiger partial charge on any atom is 0.319 e. The lowest BCUT2D eigenvalue weighted by atomic mass is 10.1. The van der Waals surface area contributed by atoms with Crippen molar-refractivity contribution >= 4 is 11.7 Å². The molecule has 0 radical (unpaired) electrons. The van der Waals surface area contributed by atoms with Gasteiger partial charge in [-0.1, -0.05) is 18.2 Å². The summed E-state index contributed by atoms with van der Waals surface area (Å²) >= 11 is 0. The SMILES string of the molecule is COc1ccccc1CCNC(=O)Nc1ccc(F)c(F)c1. The summed E-state index contributed by atoms with van der Waals surface area (Å²) in [7, 11) is 1.59. The Kier molecular flexibility index (Phi) is 5.30. The number of urea groups is 1. The highest BCUT2D eigenvalue weighted by atomic mass is 19.2. The van der Waals surface area contributed by atoms with Gasteiger partial charge in [0.25, 0.3) is 0 Å². The molecule has 0 fully saturated rings. The van der Waals surface area contributed by atoms with Gasteiger partial charge in [-0.3, -0.25) is 0 Å². The average molecular weight is 306 g/mol. The molecule has 0 aliphatic heterocycles. The van der Waals surface area contributed by atoms with Gasteiger partial charge in [-0.25, -0.2) is 13.6 Å². The summed E-state index contributed by atoms with van der Waals surface area (Å²) in [4.78, 5) is 11.7. The number of para-hydroxylation sites is 1. The smallest absolute Gasteiger partial charge is 0.319 e. The molecule has 0 aliphatic carbocycles. The highest BCUT2D eigenvalue weighted by Gasteiger charge is 2.06. The van der Waals surface area contributed by atoms with Crippen molar-refractivity contribution in [2.24, 2.45) is 0 Å². The monoisotopic (exact) mass is 306 g/mol. The van der Waals surface area contributed by atoms with Crippen LogP contribution in [0.4, 0.5) is 19.3 Å². The Labute approximate surface area is 127 Å². The Morgan fingerprint density at radius 2 is 1.91 bits per heavy atom. The van der Waals surface area contributed by atoms with Crippen molar-refractivity contribution in [3.05, 3.63) is 59.7 Å². The van der Waals surface area contributed by atoms with Gasteiger partial charge in [0.15, 0.2) is 11.6 Å². The molecule has 0 unspecified atom stereocenters. The zero-order chi connectivity index (χ0) is 15.9. The zero-order valence-corrected chi connectivity index (χ0v) is 12.0. The normalized spacial score (nSPS) is 10.1. The van der Waals surface area contributed by atoms with Gasteiger partial charge in [-0.05, 0) is 30.2 Å². The Bertz CT molecular complexity index is 662. The van der Waals surface area contributed by atoms with E-state index in [2.05, 4.69) is 10.6 Å². The number of rotatable bonds is 5. The molecule has 0 aliphatic rings. The van der Waals surface area contributed by atoms with Gasteiger partial charge in [0.05, 0.1) is 7.11 Å². The number of carbonyl (C=O) groups excluding carboxylic acids is 1. The van der Waals surface area contributed by atoms with Crippen LogP contribution in [0.2, 0.25) is 0 Å². The van der Waals surface area contributed by atoms with E-state index in [1.807, 2.05) is 24.3 Å². The first-order valence-electron chi connectivity index (χ1n) is 6.72. The summed E-state index contributed by atoms with van der Waals surface area (Å²) in [5, 5.41) is 5.08. The fourth-order valence-electron chi connectivity index (χ4n) is 1.97. The average Bonchev–Trinajstić information content (AvgIpc) is 2.51. The molecule has 0 saturated carbocycles. The first-order chi connectivity index (χ1) is 10.6. The van der Waals surface area contributed by atoms with E-state index in [1.54, 1.807) is 7.11 Å². The second-order valence-electron chi connectivity index (χ2n) is 4.57. The number of nitrogens with one attached hydrogen (secondary N) is 2. The Morgan fingerprint density at radius 1 is 1.14 bits per heavy atom. The van der Waals surface area contributed by atoms with E-state index in [-0.39, 0.29) is 5.69 Å². The van der Waals surface area contributed by atoms with E-state index >= 15 is 0 Å². The molecule has 0 spiro atoms. The second kappa shape index (κ2) is 7.40. The van der Waals surface area contributed by atoms with E-state index in [4.69, 9.17) is 4.74 Å². The lowest BCUT2D eigenvalue weighted by Crippen LogP contribution is -2.30. The maximum absolute atomic E-state index is 13.0.